The van der Waals surface area contributed by atoms with E-state index in [0.717, 1.165) is 54.0 Å². The molecule has 4 rings (SSSR count). The number of likely N-dealkylation sites (N-methyl/N-ethyl adjacent to an activating group) is 1. The minimum absolute atomic E-state index is 0.250. The van der Waals surface area contributed by atoms with E-state index in [1.54, 1.807) is 13.0 Å². The van der Waals surface area contributed by atoms with Gasteiger partial charge in [-0.15, -0.1) is 0 Å². The number of carboxylic acids is 1. The molecule has 3 aromatic rings. The Bertz CT molecular complexity index is 1300. The molecule has 45 heavy (non-hydrogen) atoms. The van der Waals surface area contributed by atoms with Crippen LogP contribution in [0.3, 0.4) is 0 Å². The molecular formula is C32H49N7O6. The van der Waals surface area contributed by atoms with E-state index in [2.05, 4.69) is 33.3 Å². The molecule has 1 fully saturated rings. The van der Waals surface area contributed by atoms with Crippen molar-refractivity contribution >= 4 is 23.3 Å². The quantitative estimate of drug-likeness (QED) is 0.140. The van der Waals surface area contributed by atoms with Gasteiger partial charge in [-0.3, -0.25) is 0 Å². The van der Waals surface area contributed by atoms with Crippen molar-refractivity contribution in [2.24, 2.45) is 0 Å². The maximum atomic E-state index is 10.5. The van der Waals surface area contributed by atoms with Crippen LogP contribution in [0.15, 0.2) is 42.7 Å². The molecule has 0 atom stereocenters. The molecule has 1 aliphatic heterocycles. The lowest BCUT2D eigenvalue weighted by Crippen LogP contribution is -2.30. The Labute approximate surface area is 265 Å². The van der Waals surface area contributed by atoms with Crippen LogP contribution in [0, 0.1) is 0 Å². The highest BCUT2D eigenvalue weighted by Gasteiger charge is 2.17. The molecule has 13 nitrogen and oxygen atoms in total. The number of carbonyl (C=O) groups is 1. The van der Waals surface area contributed by atoms with Crippen molar-refractivity contribution in [2.45, 2.75) is 46.1 Å². The summed E-state index contributed by atoms with van der Waals surface area (Å²) in [5.74, 6) is 1.54. The standard InChI is InChI=1S/C30H43N7O5.C2H6O/c1-3-25-23-33-37-26(20-27(34-30(25)37)36-12-5-4-6-13-36)31-21-24-9-10-28(32-22-24)42-19-18-41-17-16-40-15-14-35(2)11-7-8-29(38)39;1-2-3/h7-10,20,22-23,31H,3-6,11-19,21H2,1-2H3,(H,38,39);3H,2H2,1H3/b8-7+;. The monoisotopic (exact) mass is 627 g/mol. The molecule has 1 aliphatic rings. The summed E-state index contributed by atoms with van der Waals surface area (Å²) < 4.78 is 18.7. The van der Waals surface area contributed by atoms with Gasteiger partial charge in [-0.05, 0) is 45.2 Å². The van der Waals surface area contributed by atoms with Crippen molar-refractivity contribution in [3.8, 4) is 5.88 Å². The number of piperidine rings is 1. The summed E-state index contributed by atoms with van der Waals surface area (Å²) in [5, 5.41) is 24.3. The number of carboxylic acid groups (broad SMARTS) is 1. The SMILES string of the molecule is CCO.CCc1cnn2c(NCc3ccc(OCCOCCOCCN(C)C/C=C/C(=O)O)nc3)cc(N3CCCCC3)nc12. The molecule has 0 radical (unpaired) electrons. The van der Waals surface area contributed by atoms with Gasteiger partial charge in [0.1, 0.15) is 18.2 Å². The van der Waals surface area contributed by atoms with Crippen LogP contribution in [0.4, 0.5) is 11.6 Å². The number of rotatable bonds is 18. The topological polar surface area (TPSA) is 147 Å². The fourth-order valence-electron chi connectivity index (χ4n) is 4.62. The van der Waals surface area contributed by atoms with E-state index in [-0.39, 0.29) is 6.61 Å². The Hall–Kier alpha value is -3.78. The lowest BCUT2D eigenvalue weighted by Gasteiger charge is -2.28. The molecule has 1 saturated heterocycles. The molecule has 3 aromatic heterocycles. The molecule has 0 aromatic carbocycles. The minimum Gasteiger partial charge on any atom is -0.478 e. The van der Waals surface area contributed by atoms with Crippen LogP contribution in [-0.2, 0) is 27.2 Å². The number of aryl methyl sites for hydroxylation is 1. The van der Waals surface area contributed by atoms with Gasteiger partial charge in [-0.25, -0.2) is 14.8 Å². The maximum absolute atomic E-state index is 10.5. The number of pyridine rings is 1. The van der Waals surface area contributed by atoms with Gasteiger partial charge in [0.05, 0.1) is 32.6 Å². The Balaban J connectivity index is 0.00000177. The number of aliphatic hydroxyl groups excluding tert-OH is 1. The number of ether oxygens (including phenoxy) is 3. The summed E-state index contributed by atoms with van der Waals surface area (Å²) in [7, 11) is 1.91. The molecule has 0 saturated carbocycles. The first-order valence-electron chi connectivity index (χ1n) is 15.7. The molecule has 0 spiro atoms. The first-order valence-corrected chi connectivity index (χ1v) is 15.7. The van der Waals surface area contributed by atoms with Gasteiger partial charge >= 0.3 is 5.97 Å². The maximum Gasteiger partial charge on any atom is 0.328 e. The zero-order chi connectivity index (χ0) is 32.3. The summed E-state index contributed by atoms with van der Waals surface area (Å²) in [4.78, 5) is 24.2. The fraction of sp³-hybridized carbons (Fsp3) is 0.562. The Kier molecular flexibility index (Phi) is 16.1. The van der Waals surface area contributed by atoms with Crippen molar-refractivity contribution in [3.63, 3.8) is 0 Å². The van der Waals surface area contributed by atoms with Gasteiger partial charge in [-0.2, -0.15) is 9.61 Å². The number of aliphatic carboxylic acids is 1. The van der Waals surface area contributed by atoms with Crippen LogP contribution in [0.5, 0.6) is 5.88 Å². The Morgan fingerprint density at radius 3 is 2.49 bits per heavy atom. The Morgan fingerprint density at radius 1 is 1.07 bits per heavy atom. The van der Waals surface area contributed by atoms with Gasteiger partial charge in [0.15, 0.2) is 5.65 Å². The van der Waals surface area contributed by atoms with Crippen LogP contribution in [0.25, 0.3) is 5.65 Å². The van der Waals surface area contributed by atoms with Gasteiger partial charge < -0.3 is 39.5 Å². The summed E-state index contributed by atoms with van der Waals surface area (Å²) in [6, 6.07) is 5.97. The molecule has 4 heterocycles. The summed E-state index contributed by atoms with van der Waals surface area (Å²) in [6.45, 7) is 10.4. The van der Waals surface area contributed by atoms with Crippen LogP contribution < -0.4 is 15.0 Å². The summed E-state index contributed by atoms with van der Waals surface area (Å²) in [5.41, 5.74) is 3.09. The normalized spacial score (nSPS) is 13.3. The lowest BCUT2D eigenvalue weighted by molar-refractivity contribution is -0.131. The number of hydrogen-bond donors (Lipinski definition) is 3. The van der Waals surface area contributed by atoms with Gasteiger partial charge in [-0.1, -0.05) is 19.1 Å². The molecule has 248 valence electrons. The van der Waals surface area contributed by atoms with Crippen molar-refractivity contribution in [1.82, 2.24) is 24.5 Å². The van der Waals surface area contributed by atoms with E-state index in [1.165, 1.54) is 19.3 Å². The van der Waals surface area contributed by atoms with Crippen LogP contribution in [0.1, 0.15) is 44.2 Å². The number of fused-ring (bicyclic) bond motifs is 1. The van der Waals surface area contributed by atoms with Crippen molar-refractivity contribution in [1.29, 1.82) is 0 Å². The second-order valence-electron chi connectivity index (χ2n) is 10.6. The molecule has 0 bridgehead atoms. The minimum atomic E-state index is -0.939. The van der Waals surface area contributed by atoms with Crippen LogP contribution in [-0.4, -0.2) is 114 Å². The first kappa shape index (κ1) is 35.7. The fourth-order valence-corrected chi connectivity index (χ4v) is 4.62. The van der Waals surface area contributed by atoms with Crippen molar-refractivity contribution in [3.05, 3.63) is 53.9 Å². The van der Waals surface area contributed by atoms with Crippen molar-refractivity contribution < 1.29 is 29.2 Å². The van der Waals surface area contributed by atoms with Crippen LogP contribution in [0.2, 0.25) is 0 Å². The molecule has 0 amide bonds. The molecular weight excluding hydrogens is 578 g/mol. The van der Waals surface area contributed by atoms with E-state index in [1.807, 2.05) is 41.0 Å². The number of anilines is 2. The number of aliphatic hydroxyl groups is 1. The number of aromatic nitrogens is 4. The highest BCUT2D eigenvalue weighted by atomic mass is 16.5. The predicted octanol–water partition coefficient (Wildman–Crippen LogP) is 3.27. The third-order valence-corrected chi connectivity index (χ3v) is 7.01. The average Bonchev–Trinajstić information content (AvgIpc) is 3.47. The molecule has 0 aliphatic carbocycles. The van der Waals surface area contributed by atoms with E-state index >= 15 is 0 Å². The highest BCUT2D eigenvalue weighted by molar-refractivity contribution is 5.79. The third kappa shape index (κ3) is 12.6. The second-order valence-corrected chi connectivity index (χ2v) is 10.6. The molecule has 0 unspecified atom stereocenters. The summed E-state index contributed by atoms with van der Waals surface area (Å²) in [6.07, 6.45) is 11.0. The van der Waals surface area contributed by atoms with Crippen molar-refractivity contribution in [2.75, 3.05) is 83.1 Å². The zero-order valence-electron chi connectivity index (χ0n) is 26.9. The van der Waals surface area contributed by atoms with Crippen LogP contribution >= 0.6 is 0 Å². The number of nitrogens with zero attached hydrogens (tertiary/aromatic N) is 6. The average molecular weight is 628 g/mol. The second kappa shape index (κ2) is 20.3. The van der Waals surface area contributed by atoms with E-state index in [9.17, 15) is 4.79 Å². The zero-order valence-corrected chi connectivity index (χ0v) is 26.9. The lowest BCUT2D eigenvalue weighted by atomic mass is 10.1. The first-order chi connectivity index (χ1) is 21.9. The predicted molar refractivity (Wildman–Crippen MR) is 174 cm³/mol. The summed E-state index contributed by atoms with van der Waals surface area (Å²) >= 11 is 0. The largest absolute Gasteiger partial charge is 0.478 e. The van der Waals surface area contributed by atoms with E-state index < -0.39 is 5.97 Å². The van der Waals surface area contributed by atoms with Gasteiger partial charge in [0.2, 0.25) is 5.88 Å². The van der Waals surface area contributed by atoms with E-state index in [4.69, 9.17) is 29.4 Å². The number of hydrogen-bond acceptors (Lipinski definition) is 11. The smallest absolute Gasteiger partial charge is 0.328 e. The van der Waals surface area contributed by atoms with Gasteiger partial charge in [0, 0.05) is 69.3 Å². The molecule has 3 N–H and O–H groups in total. The van der Waals surface area contributed by atoms with Gasteiger partial charge in [0.25, 0.3) is 0 Å². The Morgan fingerprint density at radius 2 is 1.80 bits per heavy atom. The third-order valence-electron chi connectivity index (χ3n) is 7.01. The number of nitrogens with one attached hydrogen (secondary N) is 1. The molecule has 13 heteroatoms. The highest BCUT2D eigenvalue weighted by Crippen LogP contribution is 2.25. The van der Waals surface area contributed by atoms with E-state index in [0.29, 0.717) is 58.5 Å².